The maximum Gasteiger partial charge on any atom is 0.226 e. The molecule has 0 spiro atoms. The molecule has 3 aromatic rings. The summed E-state index contributed by atoms with van der Waals surface area (Å²) < 4.78 is 11.8. The molecule has 0 radical (unpaired) electrons. The van der Waals surface area contributed by atoms with Crippen molar-refractivity contribution in [1.29, 1.82) is 5.26 Å². The van der Waals surface area contributed by atoms with Gasteiger partial charge in [0.25, 0.3) is 0 Å². The van der Waals surface area contributed by atoms with E-state index < -0.39 is 0 Å². The molecular formula is C26H25N3O4. The lowest BCUT2D eigenvalue weighted by Crippen LogP contribution is -2.30. The first kappa shape index (κ1) is 21.2. The second kappa shape index (κ2) is 8.38. The van der Waals surface area contributed by atoms with E-state index in [0.29, 0.717) is 41.5 Å². The normalized spacial score (nSPS) is 19.0. The van der Waals surface area contributed by atoms with Gasteiger partial charge in [-0.3, -0.25) is 4.79 Å². The third kappa shape index (κ3) is 3.66. The number of β-amino-alcohol motifs (C(OH)–C–C–N with tert-alkyl or cyclic N) is 1. The highest BCUT2D eigenvalue weighted by molar-refractivity contribution is 5.81. The lowest BCUT2D eigenvalue weighted by Gasteiger charge is -2.24. The number of rotatable bonds is 6. The highest BCUT2D eigenvalue weighted by atomic mass is 16.5. The summed E-state index contributed by atoms with van der Waals surface area (Å²) in [6, 6.07) is 13.6. The zero-order valence-electron chi connectivity index (χ0n) is 18.6. The number of aromatic nitrogens is 1. The van der Waals surface area contributed by atoms with Crippen molar-refractivity contribution >= 4 is 5.91 Å². The van der Waals surface area contributed by atoms with Crippen molar-refractivity contribution in [2.75, 3.05) is 13.2 Å². The number of likely N-dealkylation sites (tertiary alicyclic amines) is 1. The van der Waals surface area contributed by atoms with Gasteiger partial charge >= 0.3 is 0 Å². The van der Waals surface area contributed by atoms with Crippen LogP contribution in [-0.4, -0.2) is 40.2 Å². The minimum absolute atomic E-state index is 0.00804. The van der Waals surface area contributed by atoms with Crippen LogP contribution in [0.25, 0.3) is 22.8 Å². The van der Waals surface area contributed by atoms with Crippen LogP contribution in [0, 0.1) is 17.2 Å². The van der Waals surface area contributed by atoms with E-state index >= 15 is 0 Å². The van der Waals surface area contributed by atoms with Gasteiger partial charge in [-0.25, -0.2) is 4.98 Å². The molecular weight excluding hydrogens is 418 g/mol. The molecule has 1 aliphatic heterocycles. The Balaban J connectivity index is 1.48. The van der Waals surface area contributed by atoms with Gasteiger partial charge in [0.1, 0.15) is 11.8 Å². The Morgan fingerprint density at radius 3 is 2.91 bits per heavy atom. The zero-order valence-corrected chi connectivity index (χ0v) is 18.6. The van der Waals surface area contributed by atoms with Crippen molar-refractivity contribution in [1.82, 2.24) is 9.88 Å². The molecule has 1 aromatic heterocycles. The number of carbonyl (C=O) groups is 1. The molecule has 2 atom stereocenters. The molecule has 1 amide bonds. The van der Waals surface area contributed by atoms with Crippen LogP contribution in [0.2, 0.25) is 0 Å². The summed E-state index contributed by atoms with van der Waals surface area (Å²) >= 11 is 0. The zero-order chi connectivity index (χ0) is 23.1. The van der Waals surface area contributed by atoms with Gasteiger partial charge in [0, 0.05) is 24.1 Å². The Bertz CT molecular complexity index is 1260. The first-order valence-electron chi connectivity index (χ1n) is 11.2. The fourth-order valence-electron chi connectivity index (χ4n) is 5.08. The van der Waals surface area contributed by atoms with Crippen LogP contribution < -0.4 is 4.74 Å². The molecule has 1 saturated heterocycles. The summed E-state index contributed by atoms with van der Waals surface area (Å²) in [6.07, 6.45) is 2.97. The van der Waals surface area contributed by atoms with E-state index in [1.54, 1.807) is 23.2 Å². The summed E-state index contributed by atoms with van der Waals surface area (Å²) in [5.41, 5.74) is 4.40. The average molecular weight is 444 g/mol. The number of nitrogens with zero attached hydrogens (tertiary/aromatic N) is 3. The molecule has 0 saturated carbocycles. The van der Waals surface area contributed by atoms with E-state index in [4.69, 9.17) is 9.15 Å². The largest absolute Gasteiger partial charge is 0.490 e. The molecule has 168 valence electrons. The van der Waals surface area contributed by atoms with Gasteiger partial charge < -0.3 is 19.2 Å². The van der Waals surface area contributed by atoms with Gasteiger partial charge in [0.2, 0.25) is 11.8 Å². The molecule has 2 heterocycles. The second-order valence-electron chi connectivity index (χ2n) is 8.82. The van der Waals surface area contributed by atoms with Gasteiger partial charge in [0.15, 0.2) is 5.76 Å². The number of carbonyl (C=O) groups excluding carboxylic acids is 1. The fourth-order valence-corrected chi connectivity index (χ4v) is 5.08. The Kier molecular flexibility index (Phi) is 5.39. The Hall–Kier alpha value is -3.63. The highest BCUT2D eigenvalue weighted by Gasteiger charge is 2.46. The number of nitriles is 1. The molecule has 7 heteroatoms. The third-order valence-corrected chi connectivity index (χ3v) is 6.36. The number of fused-ring (bicyclic) bond motifs is 3. The first-order chi connectivity index (χ1) is 16.0. The van der Waals surface area contributed by atoms with E-state index in [1.165, 1.54) is 5.56 Å². The topological polar surface area (TPSA) is 99.6 Å². The van der Waals surface area contributed by atoms with Crippen molar-refractivity contribution in [3.63, 3.8) is 0 Å². The van der Waals surface area contributed by atoms with Gasteiger partial charge in [-0.05, 0) is 55.5 Å². The molecule has 5 rings (SSSR count). The van der Waals surface area contributed by atoms with Crippen LogP contribution in [0.15, 0.2) is 47.0 Å². The maximum absolute atomic E-state index is 12.4. The van der Waals surface area contributed by atoms with E-state index in [9.17, 15) is 15.2 Å². The maximum atomic E-state index is 12.4. The predicted octanol–water partition coefficient (Wildman–Crippen LogP) is 4.11. The quantitative estimate of drug-likeness (QED) is 0.616. The number of oxazole rings is 1. The molecule has 2 aliphatic rings. The summed E-state index contributed by atoms with van der Waals surface area (Å²) in [6.45, 7) is 4.15. The van der Waals surface area contributed by atoms with Crippen LogP contribution in [0.1, 0.15) is 43.0 Å². The summed E-state index contributed by atoms with van der Waals surface area (Å²) in [5.74, 6) is 1.95. The molecule has 7 nitrogen and oxygen atoms in total. The minimum atomic E-state index is -0.0405. The van der Waals surface area contributed by atoms with Crippen molar-refractivity contribution in [3.8, 4) is 34.6 Å². The Morgan fingerprint density at radius 1 is 1.30 bits per heavy atom. The lowest BCUT2D eigenvalue weighted by atomic mass is 10.0. The first-order valence-corrected chi connectivity index (χ1v) is 11.2. The van der Waals surface area contributed by atoms with Crippen molar-refractivity contribution in [3.05, 3.63) is 59.3 Å². The molecule has 0 bridgehead atoms. The second-order valence-corrected chi connectivity index (χ2v) is 8.82. The van der Waals surface area contributed by atoms with E-state index in [2.05, 4.69) is 17.1 Å². The number of ether oxygens (including phenoxy) is 1. The number of aliphatic hydroxyl groups excluding tert-OH is 1. The molecule has 1 fully saturated rings. The number of amides is 1. The van der Waals surface area contributed by atoms with Crippen LogP contribution in [0.4, 0.5) is 0 Å². The summed E-state index contributed by atoms with van der Waals surface area (Å²) in [5, 5.41) is 18.9. The molecule has 1 aliphatic carbocycles. The third-order valence-electron chi connectivity index (χ3n) is 6.36. The van der Waals surface area contributed by atoms with Crippen LogP contribution >= 0.6 is 0 Å². The standard InChI is InChI=1S/C26H25N3O4/c1-15(2)32-22-7-6-16(10-18(22)13-27)26-28-14-23(33-26)19-4-3-5-20-21(19)11-17-12-24(31)29(8-9-30)25(17)20/h3-7,10,14-15,17,25,30H,8-9,11-12H2,1-2H3/t17-,25+/m1/s1. The SMILES string of the molecule is CC(C)Oc1ccc(-c2ncc(-c3cccc4c3C[C@@H]3CC(=O)N(CCO)[C@H]43)o2)cc1C#N. The number of aliphatic hydroxyl groups is 1. The van der Waals surface area contributed by atoms with Crippen molar-refractivity contribution in [2.24, 2.45) is 5.92 Å². The predicted molar refractivity (Wildman–Crippen MR) is 121 cm³/mol. The monoisotopic (exact) mass is 443 g/mol. The fraction of sp³-hybridized carbons (Fsp3) is 0.346. The Labute approximate surface area is 192 Å². The van der Waals surface area contributed by atoms with Crippen molar-refractivity contribution in [2.45, 2.75) is 38.8 Å². The molecule has 2 aromatic carbocycles. The van der Waals surface area contributed by atoms with Crippen LogP contribution in [-0.2, 0) is 11.2 Å². The molecule has 1 N–H and O–H groups in total. The average Bonchev–Trinajstić information content (AvgIpc) is 3.49. The van der Waals surface area contributed by atoms with Crippen LogP contribution in [0.5, 0.6) is 5.75 Å². The molecule has 0 unspecified atom stereocenters. The van der Waals surface area contributed by atoms with E-state index in [0.717, 1.165) is 17.5 Å². The van der Waals surface area contributed by atoms with Gasteiger partial charge in [0.05, 0.1) is 30.5 Å². The smallest absolute Gasteiger partial charge is 0.226 e. The Morgan fingerprint density at radius 2 is 2.15 bits per heavy atom. The minimum Gasteiger partial charge on any atom is -0.490 e. The van der Waals surface area contributed by atoms with Crippen LogP contribution in [0.3, 0.4) is 0 Å². The van der Waals surface area contributed by atoms with Gasteiger partial charge in [-0.1, -0.05) is 18.2 Å². The summed E-state index contributed by atoms with van der Waals surface area (Å²) in [4.78, 5) is 18.7. The van der Waals surface area contributed by atoms with E-state index in [-0.39, 0.29) is 30.6 Å². The number of hydrogen-bond acceptors (Lipinski definition) is 6. The van der Waals surface area contributed by atoms with E-state index in [1.807, 2.05) is 32.0 Å². The number of hydrogen-bond donors (Lipinski definition) is 1. The highest BCUT2D eigenvalue weighted by Crippen LogP contribution is 2.49. The summed E-state index contributed by atoms with van der Waals surface area (Å²) in [7, 11) is 0. The van der Waals surface area contributed by atoms with Gasteiger partial charge in [-0.2, -0.15) is 5.26 Å². The lowest BCUT2D eigenvalue weighted by molar-refractivity contribution is -0.129. The van der Waals surface area contributed by atoms with Gasteiger partial charge in [-0.15, -0.1) is 0 Å². The van der Waals surface area contributed by atoms with Crippen molar-refractivity contribution < 1.29 is 19.1 Å². The molecule has 33 heavy (non-hydrogen) atoms. The number of benzene rings is 2.